The minimum absolute atomic E-state index is 0.205. The van der Waals surface area contributed by atoms with Gasteiger partial charge in [-0.2, -0.15) is 0 Å². The molecule has 0 unspecified atom stereocenters. The van der Waals surface area contributed by atoms with Crippen molar-refractivity contribution in [3.05, 3.63) is 65.6 Å². The summed E-state index contributed by atoms with van der Waals surface area (Å²) in [5.74, 6) is -0.581. The second-order valence-corrected chi connectivity index (χ2v) is 5.55. The van der Waals surface area contributed by atoms with Crippen LogP contribution in [-0.2, 0) is 6.42 Å². The van der Waals surface area contributed by atoms with Gasteiger partial charge in [0.05, 0.1) is 11.1 Å². The van der Waals surface area contributed by atoms with Gasteiger partial charge in [-0.05, 0) is 37.1 Å². The molecule has 0 radical (unpaired) electrons. The van der Waals surface area contributed by atoms with Gasteiger partial charge in [-0.25, -0.2) is 4.39 Å². The molecule has 122 valence electrons. The van der Waals surface area contributed by atoms with Crippen molar-refractivity contribution in [3.63, 3.8) is 0 Å². The lowest BCUT2D eigenvalue weighted by Crippen LogP contribution is -2.24. The average Bonchev–Trinajstić information content (AvgIpc) is 2.61. The van der Waals surface area contributed by atoms with E-state index in [4.69, 9.17) is 0 Å². The molecule has 4 heteroatoms. The number of fused-ring (bicyclic) bond motifs is 1. The van der Waals surface area contributed by atoms with E-state index < -0.39 is 0 Å². The summed E-state index contributed by atoms with van der Waals surface area (Å²) < 4.78 is 13.8. The molecule has 0 saturated carbocycles. The molecule has 24 heavy (non-hydrogen) atoms. The highest BCUT2D eigenvalue weighted by Gasteiger charge is 2.21. The van der Waals surface area contributed by atoms with E-state index in [0.717, 1.165) is 16.8 Å². The lowest BCUT2D eigenvalue weighted by atomic mass is 9.93. The van der Waals surface area contributed by atoms with Gasteiger partial charge >= 0.3 is 0 Å². The second-order valence-electron chi connectivity index (χ2n) is 5.55. The van der Waals surface area contributed by atoms with E-state index >= 15 is 0 Å². The summed E-state index contributed by atoms with van der Waals surface area (Å²) in [5, 5.41) is 3.38. The topological polar surface area (TPSA) is 42.0 Å². The molecule has 1 N–H and O–H groups in total. The Hall–Kier alpha value is -2.75. The van der Waals surface area contributed by atoms with Gasteiger partial charge < -0.3 is 5.32 Å². The third-order valence-electron chi connectivity index (χ3n) is 3.98. The molecule has 1 heterocycles. The van der Waals surface area contributed by atoms with Crippen LogP contribution in [-0.4, -0.2) is 17.4 Å². The molecule has 1 aromatic heterocycles. The van der Waals surface area contributed by atoms with E-state index in [1.807, 2.05) is 44.2 Å². The van der Waals surface area contributed by atoms with Crippen molar-refractivity contribution < 1.29 is 9.18 Å². The number of hydrogen-bond donors (Lipinski definition) is 1. The zero-order valence-electron chi connectivity index (χ0n) is 13.8. The van der Waals surface area contributed by atoms with Crippen LogP contribution in [0.3, 0.4) is 0 Å². The molecule has 0 atom stereocenters. The van der Waals surface area contributed by atoms with Crippen LogP contribution in [0.25, 0.3) is 22.0 Å². The van der Waals surface area contributed by atoms with Crippen LogP contribution in [0, 0.1) is 5.82 Å². The molecule has 0 saturated heterocycles. The largest absolute Gasteiger partial charge is 0.352 e. The minimum atomic E-state index is -0.377. The Labute approximate surface area is 140 Å². The first-order valence-electron chi connectivity index (χ1n) is 8.11. The Balaban J connectivity index is 2.42. The number of aromatic nitrogens is 1. The number of benzene rings is 2. The lowest BCUT2D eigenvalue weighted by molar-refractivity contribution is 0.0958. The van der Waals surface area contributed by atoms with E-state index in [9.17, 15) is 9.18 Å². The minimum Gasteiger partial charge on any atom is -0.352 e. The van der Waals surface area contributed by atoms with E-state index in [2.05, 4.69) is 10.3 Å². The first kappa shape index (κ1) is 16.1. The smallest absolute Gasteiger partial charge is 0.252 e. The first-order valence-corrected chi connectivity index (χ1v) is 8.11. The van der Waals surface area contributed by atoms with Gasteiger partial charge in [0.2, 0.25) is 0 Å². The maximum Gasteiger partial charge on any atom is 0.252 e. The third-order valence-corrected chi connectivity index (χ3v) is 3.98. The van der Waals surface area contributed by atoms with Crippen LogP contribution in [0.1, 0.15) is 29.9 Å². The number of nitrogens with one attached hydrogen (secondary N) is 1. The number of hydrogen-bond acceptors (Lipinski definition) is 2. The number of carbonyl (C=O) groups is 1. The number of carbonyl (C=O) groups excluding carboxylic acids is 1. The molecule has 3 aromatic rings. The van der Waals surface area contributed by atoms with Crippen LogP contribution in [0.4, 0.5) is 4.39 Å². The Kier molecular flexibility index (Phi) is 4.56. The predicted molar refractivity (Wildman–Crippen MR) is 94.5 cm³/mol. The quantitative estimate of drug-likeness (QED) is 0.776. The molecule has 0 aliphatic heterocycles. The summed E-state index contributed by atoms with van der Waals surface area (Å²) in [6, 6.07) is 14.1. The van der Waals surface area contributed by atoms with Crippen molar-refractivity contribution in [3.8, 4) is 11.1 Å². The van der Waals surface area contributed by atoms with Gasteiger partial charge in [0, 0.05) is 23.2 Å². The van der Waals surface area contributed by atoms with E-state index in [1.54, 1.807) is 6.07 Å². The van der Waals surface area contributed by atoms with Gasteiger partial charge in [-0.15, -0.1) is 0 Å². The molecule has 2 aromatic carbocycles. The summed E-state index contributed by atoms with van der Waals surface area (Å²) in [6.07, 6.45) is 0.684. The second kappa shape index (κ2) is 6.79. The van der Waals surface area contributed by atoms with Gasteiger partial charge in [0.25, 0.3) is 5.91 Å². The summed E-state index contributed by atoms with van der Waals surface area (Å²) in [6.45, 7) is 4.38. The SMILES string of the molecule is CCNC(=O)c1c(-c2ccccc2)c(CC)nc2ccc(F)cc12. The molecule has 0 fully saturated rings. The lowest BCUT2D eigenvalue weighted by Gasteiger charge is -2.16. The Morgan fingerprint density at radius 1 is 1.12 bits per heavy atom. The van der Waals surface area contributed by atoms with Gasteiger partial charge in [0.1, 0.15) is 5.82 Å². The van der Waals surface area contributed by atoms with Gasteiger partial charge in [0.15, 0.2) is 0 Å². The molecule has 0 bridgehead atoms. The van der Waals surface area contributed by atoms with E-state index in [1.165, 1.54) is 12.1 Å². The molecule has 3 nitrogen and oxygen atoms in total. The zero-order chi connectivity index (χ0) is 17.1. The number of amides is 1. The fourth-order valence-electron chi connectivity index (χ4n) is 2.94. The van der Waals surface area contributed by atoms with Gasteiger partial charge in [-0.3, -0.25) is 9.78 Å². The van der Waals surface area contributed by atoms with Crippen LogP contribution >= 0.6 is 0 Å². The number of rotatable bonds is 4. The summed E-state index contributed by atoms with van der Waals surface area (Å²) in [5.41, 5.74) is 3.65. The number of aryl methyl sites for hydroxylation is 1. The molecule has 1 amide bonds. The van der Waals surface area contributed by atoms with Crippen LogP contribution in [0.15, 0.2) is 48.5 Å². The maximum absolute atomic E-state index is 13.8. The van der Waals surface area contributed by atoms with E-state index in [0.29, 0.717) is 29.4 Å². The Bertz CT molecular complexity index is 891. The fourth-order valence-corrected chi connectivity index (χ4v) is 2.94. The molecule has 0 aliphatic carbocycles. The van der Waals surface area contributed by atoms with Crippen molar-refractivity contribution in [2.45, 2.75) is 20.3 Å². The monoisotopic (exact) mass is 322 g/mol. The fraction of sp³-hybridized carbons (Fsp3) is 0.200. The molecule has 0 spiro atoms. The number of nitrogens with zero attached hydrogens (tertiary/aromatic N) is 1. The first-order chi connectivity index (χ1) is 11.7. The number of halogens is 1. The highest BCUT2D eigenvalue weighted by molar-refractivity contribution is 6.12. The van der Waals surface area contributed by atoms with Crippen LogP contribution < -0.4 is 5.32 Å². The van der Waals surface area contributed by atoms with Gasteiger partial charge in [-0.1, -0.05) is 37.3 Å². The maximum atomic E-state index is 13.8. The zero-order valence-corrected chi connectivity index (χ0v) is 13.8. The third kappa shape index (κ3) is 2.87. The van der Waals surface area contributed by atoms with Crippen molar-refractivity contribution in [1.29, 1.82) is 0 Å². The van der Waals surface area contributed by atoms with Crippen molar-refractivity contribution in [2.24, 2.45) is 0 Å². The van der Waals surface area contributed by atoms with E-state index in [-0.39, 0.29) is 11.7 Å². The Morgan fingerprint density at radius 2 is 1.88 bits per heavy atom. The highest BCUT2D eigenvalue weighted by atomic mass is 19.1. The normalized spacial score (nSPS) is 10.8. The summed E-state index contributed by atoms with van der Waals surface area (Å²) in [7, 11) is 0. The average molecular weight is 322 g/mol. The van der Waals surface area contributed by atoms with Crippen molar-refractivity contribution in [1.82, 2.24) is 10.3 Å². The molecule has 3 rings (SSSR count). The van der Waals surface area contributed by atoms with Crippen LogP contribution in [0.2, 0.25) is 0 Å². The molecular weight excluding hydrogens is 303 g/mol. The molecular formula is C20H19FN2O. The molecule has 0 aliphatic rings. The standard InChI is InChI=1S/C20H19FN2O/c1-3-16-18(13-8-6-5-7-9-13)19(20(24)22-4-2)15-12-14(21)10-11-17(15)23-16/h5-12H,3-4H2,1-2H3,(H,22,24). The van der Waals surface area contributed by atoms with Crippen LogP contribution in [0.5, 0.6) is 0 Å². The predicted octanol–water partition coefficient (Wildman–Crippen LogP) is 4.35. The van der Waals surface area contributed by atoms with Crippen molar-refractivity contribution >= 4 is 16.8 Å². The van der Waals surface area contributed by atoms with Crippen molar-refractivity contribution in [2.75, 3.05) is 6.54 Å². The highest BCUT2D eigenvalue weighted by Crippen LogP contribution is 2.33. The summed E-state index contributed by atoms with van der Waals surface area (Å²) in [4.78, 5) is 17.4. The number of pyridine rings is 1. The Morgan fingerprint density at radius 3 is 2.54 bits per heavy atom. The summed E-state index contributed by atoms with van der Waals surface area (Å²) >= 11 is 0.